The number of fused-ring (bicyclic) bond motifs is 3. The van der Waals surface area contributed by atoms with Crippen molar-refractivity contribution in [3.63, 3.8) is 0 Å². The number of ether oxygens (including phenoxy) is 1. The predicted molar refractivity (Wildman–Crippen MR) is 294 cm³/mol. The van der Waals surface area contributed by atoms with Gasteiger partial charge in [-0.1, -0.05) is 200 Å². The van der Waals surface area contributed by atoms with E-state index in [4.69, 9.17) is 9.72 Å². The minimum Gasteiger partial charge on any atom is -0.509 e. The number of aromatic nitrogens is 2. The summed E-state index contributed by atoms with van der Waals surface area (Å²) in [5.74, 6) is 2.03. The summed E-state index contributed by atoms with van der Waals surface area (Å²) >= 11 is 0. The smallest absolute Gasteiger partial charge is 0.135 e. The molecule has 0 atom stereocenters. The van der Waals surface area contributed by atoms with Gasteiger partial charge in [0, 0.05) is 66.5 Å². The van der Waals surface area contributed by atoms with Gasteiger partial charge < -0.3 is 19.1 Å². The van der Waals surface area contributed by atoms with Gasteiger partial charge in [-0.2, -0.15) is 6.07 Å². The van der Waals surface area contributed by atoms with Gasteiger partial charge in [-0.25, -0.2) is 4.98 Å². The molecule has 0 N–H and O–H groups in total. The van der Waals surface area contributed by atoms with E-state index in [-0.39, 0.29) is 37.3 Å². The minimum atomic E-state index is -0.272. The van der Waals surface area contributed by atoms with Crippen LogP contribution in [0, 0.1) is 18.8 Å². The summed E-state index contributed by atoms with van der Waals surface area (Å²) in [5, 5.41) is 2.20. The molecular weight excluding hydrogens is 1060 g/mol. The third-order valence-electron chi connectivity index (χ3n) is 14.3. The zero-order valence-electron chi connectivity index (χ0n) is 41.8. The van der Waals surface area contributed by atoms with Gasteiger partial charge in [-0.3, -0.25) is 0 Å². The van der Waals surface area contributed by atoms with Gasteiger partial charge in [0.15, 0.2) is 0 Å². The molecule has 11 rings (SSSR count). The second-order valence-electron chi connectivity index (χ2n) is 20.7. The Labute approximate surface area is 439 Å². The number of rotatable bonds is 11. The molecule has 8 aromatic carbocycles. The predicted octanol–water partition coefficient (Wildman–Crippen LogP) is 16.6. The summed E-state index contributed by atoms with van der Waals surface area (Å²) in [5.41, 5.74) is 13.7. The van der Waals surface area contributed by atoms with Crippen LogP contribution in [0.15, 0.2) is 213 Å². The third-order valence-corrected chi connectivity index (χ3v) is 14.3. The van der Waals surface area contributed by atoms with Gasteiger partial charge in [0.2, 0.25) is 0 Å². The standard InChI is InChI=1S/C66H57N4O.Pt/c1-64(2,3)52-38-54(68-44-62(47-24-14-9-15-25-47)69(45-68)55-37-48(46-22-12-8-13-23-46)36-53(39-55)66(6,7)50-28-18-11-19-29-50)42-57(40-52)71-56-32-33-59-58-30-20-21-31-60(58)70(61(59)43-56)63-41-51(34-35-67-63)65(4,5)49-26-16-10-17-27-49;/h8-41,44-45H,1-7H3;/q-3;. The van der Waals surface area contributed by atoms with E-state index in [1.165, 1.54) is 27.8 Å². The van der Waals surface area contributed by atoms with Crippen molar-refractivity contribution < 1.29 is 25.8 Å². The van der Waals surface area contributed by atoms with Gasteiger partial charge in [-0.15, -0.1) is 53.6 Å². The Bertz CT molecular complexity index is 3580. The number of hydrogen-bond acceptors (Lipinski definition) is 4. The molecule has 360 valence electrons. The molecule has 0 radical (unpaired) electrons. The summed E-state index contributed by atoms with van der Waals surface area (Å²) in [6.07, 6.45) is 4.13. The van der Waals surface area contributed by atoms with Crippen LogP contribution in [-0.2, 0) is 37.3 Å². The van der Waals surface area contributed by atoms with Crippen molar-refractivity contribution in [2.45, 2.75) is 64.7 Å². The van der Waals surface area contributed by atoms with Crippen molar-refractivity contribution >= 4 is 38.9 Å². The Balaban J connectivity index is 0.00000596. The summed E-state index contributed by atoms with van der Waals surface area (Å²) in [6.45, 7) is 18.1. The van der Waals surface area contributed by atoms with E-state index in [1.807, 2.05) is 12.3 Å². The molecule has 1 aliphatic heterocycles. The fraction of sp³-hybridized carbons (Fsp3) is 0.152. The topological polar surface area (TPSA) is 33.5 Å². The summed E-state index contributed by atoms with van der Waals surface area (Å²) in [7, 11) is 0. The molecule has 0 bridgehead atoms. The van der Waals surface area contributed by atoms with Crippen LogP contribution in [0.25, 0.3) is 44.4 Å². The molecule has 0 unspecified atom stereocenters. The quantitative estimate of drug-likeness (QED) is 0.121. The maximum atomic E-state index is 6.91. The maximum Gasteiger partial charge on any atom is 0.135 e. The van der Waals surface area contributed by atoms with Crippen LogP contribution in [0.4, 0.5) is 11.4 Å². The second kappa shape index (κ2) is 19.3. The van der Waals surface area contributed by atoms with E-state index < -0.39 is 0 Å². The third kappa shape index (κ3) is 9.19. The van der Waals surface area contributed by atoms with E-state index >= 15 is 0 Å². The van der Waals surface area contributed by atoms with Crippen molar-refractivity contribution in [2.24, 2.45) is 0 Å². The molecule has 0 aliphatic carbocycles. The number of nitrogens with zero attached hydrogens (tertiary/aromatic N) is 4. The van der Waals surface area contributed by atoms with Gasteiger partial charge >= 0.3 is 0 Å². The monoisotopic (exact) mass is 1120 g/mol. The first-order valence-corrected chi connectivity index (χ1v) is 24.5. The van der Waals surface area contributed by atoms with Gasteiger partial charge in [0.25, 0.3) is 0 Å². The molecule has 3 heterocycles. The Hall–Kier alpha value is -7.46. The van der Waals surface area contributed by atoms with Crippen LogP contribution >= 0.6 is 0 Å². The molecule has 10 aromatic rings. The Morgan fingerprint density at radius 1 is 0.486 bits per heavy atom. The maximum absolute atomic E-state index is 6.91. The van der Waals surface area contributed by atoms with Crippen LogP contribution in [0.3, 0.4) is 0 Å². The van der Waals surface area contributed by atoms with Crippen LogP contribution in [0.2, 0.25) is 0 Å². The van der Waals surface area contributed by atoms with Crippen molar-refractivity contribution in [3.05, 3.63) is 265 Å². The largest absolute Gasteiger partial charge is 0.509 e. The van der Waals surface area contributed by atoms with E-state index in [0.29, 0.717) is 11.5 Å². The number of anilines is 2. The molecule has 0 amide bonds. The number of pyridine rings is 1. The van der Waals surface area contributed by atoms with Gasteiger partial charge in [0.05, 0.1) is 0 Å². The van der Waals surface area contributed by atoms with Crippen LogP contribution < -0.4 is 14.5 Å². The Kier molecular flexibility index (Phi) is 12.9. The minimum absolute atomic E-state index is 0. The van der Waals surface area contributed by atoms with E-state index in [2.05, 4.69) is 282 Å². The summed E-state index contributed by atoms with van der Waals surface area (Å²) in [6, 6.07) is 78.5. The molecule has 0 saturated heterocycles. The zero-order chi connectivity index (χ0) is 48.9. The fourth-order valence-electron chi connectivity index (χ4n) is 9.90. The first kappa shape index (κ1) is 48.2. The Morgan fingerprint density at radius 3 is 1.76 bits per heavy atom. The molecule has 2 aromatic heterocycles. The van der Waals surface area contributed by atoms with E-state index in [0.717, 1.165) is 61.4 Å². The average Bonchev–Trinajstić information content (AvgIpc) is 4.00. The number of para-hydroxylation sites is 1. The van der Waals surface area contributed by atoms with E-state index in [9.17, 15) is 0 Å². The van der Waals surface area contributed by atoms with Gasteiger partial charge in [-0.05, 0) is 86.3 Å². The first-order chi connectivity index (χ1) is 34.3. The molecule has 72 heavy (non-hydrogen) atoms. The van der Waals surface area contributed by atoms with Crippen LogP contribution in [-0.4, -0.2) is 9.55 Å². The average molecular weight is 1120 g/mol. The first-order valence-electron chi connectivity index (χ1n) is 24.5. The second-order valence-corrected chi connectivity index (χ2v) is 20.7. The normalized spacial score (nSPS) is 13.1. The van der Waals surface area contributed by atoms with Crippen molar-refractivity contribution in [2.75, 3.05) is 9.80 Å². The SMILES string of the molecule is CC(C)(C)c1cc(Oc2[c-]c3c(cc2)c2ccccc2n3-c2cc(C(C)(C)c3ccccc3)ccn2)[c-]c(N2C=C(c3ccccc3)N(c3cc(-c4ccccc4)cc(C(C)(C)c4ccccc4)c3)[CH-]2)c1.[Pt]. The van der Waals surface area contributed by atoms with Gasteiger partial charge in [0.1, 0.15) is 5.82 Å². The molecule has 0 spiro atoms. The Morgan fingerprint density at radius 2 is 1.10 bits per heavy atom. The number of hydrogen-bond donors (Lipinski definition) is 0. The summed E-state index contributed by atoms with van der Waals surface area (Å²) in [4.78, 5) is 9.48. The fourth-order valence-corrected chi connectivity index (χ4v) is 9.90. The molecule has 1 aliphatic rings. The number of benzene rings is 8. The van der Waals surface area contributed by atoms with Crippen molar-refractivity contribution in [1.29, 1.82) is 0 Å². The van der Waals surface area contributed by atoms with Crippen LogP contribution in [0.5, 0.6) is 11.5 Å². The molecule has 6 heteroatoms. The summed E-state index contributed by atoms with van der Waals surface area (Å²) < 4.78 is 9.12. The van der Waals surface area contributed by atoms with E-state index in [1.54, 1.807) is 0 Å². The zero-order valence-corrected chi connectivity index (χ0v) is 44.1. The van der Waals surface area contributed by atoms with Crippen molar-refractivity contribution in [3.8, 4) is 28.4 Å². The van der Waals surface area contributed by atoms with Crippen LogP contribution in [0.1, 0.15) is 81.8 Å². The molecule has 5 nitrogen and oxygen atoms in total. The molecular formula is C66H57N4OPt-3. The molecule has 0 fully saturated rings. The molecule has 0 saturated carbocycles. The van der Waals surface area contributed by atoms with Crippen molar-refractivity contribution in [1.82, 2.24) is 9.55 Å².